The number of fused-ring (bicyclic) bond motifs is 10. The van der Waals surface area contributed by atoms with Gasteiger partial charge in [-0.05, 0) is 258 Å². The van der Waals surface area contributed by atoms with Crippen LogP contribution < -0.4 is 18.9 Å². The molecule has 86 heavy (non-hydrogen) atoms. The molecule has 10 rings (SSSR count). The van der Waals surface area contributed by atoms with Gasteiger partial charge in [0.05, 0.1) is 24.2 Å². The van der Waals surface area contributed by atoms with Crippen LogP contribution in [0.3, 0.4) is 0 Å². The van der Waals surface area contributed by atoms with E-state index in [9.17, 15) is 19.5 Å². The van der Waals surface area contributed by atoms with Crippen LogP contribution in [0.4, 0.5) is 4.79 Å². The first-order chi connectivity index (χ1) is 39.4. The van der Waals surface area contributed by atoms with Gasteiger partial charge in [-0.2, -0.15) is 0 Å². The third-order valence-corrected chi connectivity index (χ3v) is 28.6. The Labute approximate surface area is 537 Å². The van der Waals surface area contributed by atoms with E-state index in [4.69, 9.17) is 24.1 Å². The molecule has 1 aromatic rings. The quantitative estimate of drug-likeness (QED) is 0.0821. The topological polar surface area (TPSA) is 173 Å². The van der Waals surface area contributed by atoms with E-state index in [0.717, 1.165) is 59.8 Å². The van der Waals surface area contributed by atoms with Crippen LogP contribution in [0, 0.1) is 128 Å². The van der Waals surface area contributed by atoms with E-state index in [1.165, 1.54) is 108 Å². The van der Waals surface area contributed by atoms with Crippen molar-refractivity contribution < 1.29 is 67.9 Å². The molecule has 8 saturated carbocycles. The Morgan fingerprint density at radius 1 is 0.616 bits per heavy atom. The molecule has 25 atom stereocenters. The third kappa shape index (κ3) is 14.3. The number of nitrogens with zero attached hydrogens (tertiary/aromatic N) is 1. The molecule has 14 heteroatoms. The fourth-order valence-corrected chi connectivity index (χ4v) is 25.3. The van der Waals surface area contributed by atoms with Crippen molar-refractivity contribution in [3.8, 4) is 0 Å². The van der Waals surface area contributed by atoms with Gasteiger partial charge < -0.3 is 24.2 Å². The molecule has 1 heterocycles. The van der Waals surface area contributed by atoms with Gasteiger partial charge in [0.2, 0.25) is 5.91 Å². The Kier molecular flexibility index (Phi) is 24.6. The summed E-state index contributed by atoms with van der Waals surface area (Å²) in [4.78, 5) is 39.8. The van der Waals surface area contributed by atoms with Crippen LogP contribution in [0.2, 0.25) is 39.3 Å². The summed E-state index contributed by atoms with van der Waals surface area (Å²) in [5, 5.41) is 21.6. The average Bonchev–Trinajstić information content (AvgIpc) is 1.19. The number of rotatable bonds is 16. The summed E-state index contributed by atoms with van der Waals surface area (Å²) >= 11 is 0. The van der Waals surface area contributed by atoms with Crippen molar-refractivity contribution in [3.63, 3.8) is 0 Å². The van der Waals surface area contributed by atoms with E-state index < -0.39 is 28.7 Å². The number of imide groups is 1. The fourth-order valence-electron chi connectivity index (χ4n) is 23.0. The number of cyclic esters (lactones) is 1. The van der Waals surface area contributed by atoms with Crippen LogP contribution in [0.25, 0.3) is 0 Å². The van der Waals surface area contributed by atoms with Crippen LogP contribution in [-0.4, -0.2) is 85.5 Å². The number of ether oxygens (including phenoxy) is 1. The number of carboxylic acids is 1. The SMILES string of the molecule is CC[C@H]1[C@@H](O[Si](C)(C)C)[C@@H]2[C@H](CC[C@]3(C)[C@@H]([C@H](C)C[C@@H](C)C(=O)N4C(=O)OC[C@H]4Cc4ccccc4)CC[C@@H]23)[C@@]2(C)CC[C@@H](C)C[C@@H]12.CC[C@H]1[C@@H](O[Si](C)(C)C)[C@@H]2[C@H](CC[C@]3(C)[C@@H]([C@H](C)C[C@@H](C)C(=O)O)CC[C@@H]23)[C@@]2(C)CC[C@@H](C)C[C@@H]12.OO.[Li+].[OH-]. The van der Waals surface area contributed by atoms with Crippen LogP contribution in [0.15, 0.2) is 30.3 Å². The van der Waals surface area contributed by atoms with Crippen molar-refractivity contribution in [2.24, 2.45) is 128 Å². The van der Waals surface area contributed by atoms with Crippen LogP contribution in [0.5, 0.6) is 0 Å². The summed E-state index contributed by atoms with van der Waals surface area (Å²) in [5.41, 5.74) is 2.64. The number of amides is 2. The van der Waals surface area contributed by atoms with E-state index in [0.29, 0.717) is 88.1 Å². The van der Waals surface area contributed by atoms with Crippen molar-refractivity contribution in [2.75, 3.05) is 6.61 Å². The standard InChI is InChI=1S/C41H65NO4Si.C31H56O3Si.Li.H2O2.H2O/c1-10-31-35-22-26(2)18-20-41(35,6)34-19-21-40(5)32(16-17-33(40)36(34)37(31)46-47(7,8)9)27(3)23-28(4)38(43)42-30(25-45-39(42)44)24-29-14-12-11-13-15-29;1-10-22-26-17-19(2)13-15-31(26,6)25-14-16-30(5)23(20(3)18-21(4)29(32)33)11-12-24(30)27(25)28(22)34-35(7,8)9;;1-2;/h11-15,26-28,30-37H,10,16-25H2,1-9H3;19-28H,10-18H2,1-9H3,(H,32,33);;1-2H;1H2/q;;+1;;/p-1/t26-,27-,28-,30-,31-,32-,33+,34+,35+,36+,37-,40-,41-;19-,20-,21-,22-,23-,24+,25+,26+,27+,28-,30-,31-;;;/m11.../s1. The van der Waals surface area contributed by atoms with Gasteiger partial charge in [-0.15, -0.1) is 0 Å². The van der Waals surface area contributed by atoms with Crippen LogP contribution >= 0.6 is 0 Å². The summed E-state index contributed by atoms with van der Waals surface area (Å²) in [7, 11) is -3.43. The van der Waals surface area contributed by atoms with Gasteiger partial charge in [0.15, 0.2) is 16.6 Å². The molecule has 2 amide bonds. The monoisotopic (exact) mass is 1230 g/mol. The minimum atomic E-state index is -1.75. The molecule has 1 aromatic carbocycles. The first-order valence-corrected chi connectivity index (χ1v) is 41.5. The summed E-state index contributed by atoms with van der Waals surface area (Å²) in [5.74, 6) is 9.99. The first kappa shape index (κ1) is 73.5. The van der Waals surface area contributed by atoms with E-state index in [2.05, 4.69) is 121 Å². The predicted molar refractivity (Wildman–Crippen MR) is 347 cm³/mol. The Morgan fingerprint density at radius 3 is 1.41 bits per heavy atom. The van der Waals surface area contributed by atoms with E-state index >= 15 is 0 Å². The largest absolute Gasteiger partial charge is 1.00 e. The molecular formula is C72H124LiNO10Si2. The second-order valence-electron chi connectivity index (χ2n) is 33.7. The number of carbonyl (C=O) groups is 3. The van der Waals surface area contributed by atoms with Crippen molar-refractivity contribution in [3.05, 3.63) is 35.9 Å². The molecule has 9 fully saturated rings. The summed E-state index contributed by atoms with van der Waals surface area (Å²) in [6.45, 7) is 44.0. The fraction of sp³-hybridized carbons (Fsp3) is 0.875. The summed E-state index contributed by atoms with van der Waals surface area (Å²) in [6.07, 6.45) is 24.0. The molecule has 0 radical (unpaired) electrons. The van der Waals surface area contributed by atoms with Gasteiger partial charge >= 0.3 is 30.9 Å². The number of carboxylic acid groups (broad SMARTS) is 1. The zero-order valence-corrected chi connectivity index (χ0v) is 59.8. The van der Waals surface area contributed by atoms with Crippen molar-refractivity contribution in [1.82, 2.24) is 4.90 Å². The molecule has 0 unspecified atom stereocenters. The maximum absolute atomic E-state index is 13.9. The zero-order chi connectivity index (χ0) is 61.8. The number of carbonyl (C=O) groups excluding carboxylic acids is 2. The zero-order valence-electron chi connectivity index (χ0n) is 57.8. The molecule has 11 nitrogen and oxygen atoms in total. The summed E-state index contributed by atoms with van der Waals surface area (Å²) < 4.78 is 20.1. The van der Waals surface area contributed by atoms with Gasteiger partial charge in [-0.25, -0.2) is 9.69 Å². The van der Waals surface area contributed by atoms with E-state index in [1.807, 2.05) is 32.0 Å². The van der Waals surface area contributed by atoms with Gasteiger partial charge in [-0.3, -0.25) is 20.1 Å². The maximum atomic E-state index is 13.9. The Balaban J connectivity index is 0.000000272. The smallest absolute Gasteiger partial charge is 0.870 e. The minimum absolute atomic E-state index is 0. The molecule has 0 bridgehead atoms. The minimum Gasteiger partial charge on any atom is -0.870 e. The van der Waals surface area contributed by atoms with Gasteiger partial charge in [0, 0.05) is 5.92 Å². The molecule has 0 aromatic heterocycles. The van der Waals surface area contributed by atoms with E-state index in [-0.39, 0.29) is 60.1 Å². The van der Waals surface area contributed by atoms with E-state index in [1.54, 1.807) is 0 Å². The van der Waals surface area contributed by atoms with Gasteiger partial charge in [0.25, 0.3) is 0 Å². The number of aliphatic carboxylic acids is 1. The average molecular weight is 1230 g/mol. The Bertz CT molecular complexity index is 2390. The normalized spacial score (nSPS) is 42.0. The number of hydrogen-bond acceptors (Lipinski definition) is 9. The Morgan fingerprint density at radius 2 is 1.01 bits per heavy atom. The maximum Gasteiger partial charge on any atom is 1.00 e. The van der Waals surface area contributed by atoms with Crippen LogP contribution in [-0.2, 0) is 29.6 Å². The second-order valence-corrected chi connectivity index (χ2v) is 42.7. The Hall–Kier alpha value is -1.54. The van der Waals surface area contributed by atoms with Crippen molar-refractivity contribution in [1.29, 1.82) is 0 Å². The van der Waals surface area contributed by atoms with Crippen molar-refractivity contribution in [2.45, 2.75) is 263 Å². The third-order valence-electron chi connectivity index (χ3n) is 26.6. The molecule has 8 aliphatic carbocycles. The van der Waals surface area contributed by atoms with Crippen LogP contribution in [0.1, 0.15) is 204 Å². The predicted octanol–water partition coefficient (Wildman–Crippen LogP) is 15.3. The molecule has 4 N–H and O–H groups in total. The molecule has 1 aliphatic heterocycles. The molecule has 1 saturated heterocycles. The van der Waals surface area contributed by atoms with Crippen molar-refractivity contribution >= 4 is 34.6 Å². The first-order valence-electron chi connectivity index (χ1n) is 34.7. The molecule has 486 valence electrons. The van der Waals surface area contributed by atoms with Gasteiger partial charge in [0.1, 0.15) is 6.61 Å². The number of benzene rings is 1. The molecular weight excluding hydrogens is 1100 g/mol. The number of hydrogen-bond donors (Lipinski definition) is 3. The summed E-state index contributed by atoms with van der Waals surface area (Å²) in [6, 6.07) is 9.91. The molecule has 9 aliphatic rings. The van der Waals surface area contributed by atoms with Gasteiger partial charge in [-0.1, -0.05) is 139 Å². The second kappa shape index (κ2) is 28.8. The molecule has 0 spiro atoms.